The van der Waals surface area contributed by atoms with Gasteiger partial charge in [-0.2, -0.15) is 0 Å². The second-order valence-electron chi connectivity index (χ2n) is 7.57. The summed E-state index contributed by atoms with van der Waals surface area (Å²) in [6.07, 6.45) is 7.46. The lowest BCUT2D eigenvalue weighted by atomic mass is 10.1. The molecule has 4 heterocycles. The van der Waals surface area contributed by atoms with Gasteiger partial charge in [0.05, 0.1) is 11.0 Å². The number of fused-ring (bicyclic) bond motifs is 1. The molecule has 3 aromatic heterocycles. The third-order valence-electron chi connectivity index (χ3n) is 5.41. The number of H-pyrrole nitrogens is 1. The highest BCUT2D eigenvalue weighted by atomic mass is 16.1. The average molecular weight is 403 g/mol. The van der Waals surface area contributed by atoms with Gasteiger partial charge in [-0.3, -0.25) is 24.5 Å². The van der Waals surface area contributed by atoms with Gasteiger partial charge >= 0.3 is 0 Å². The Morgan fingerprint density at radius 2 is 2.13 bits per heavy atom. The minimum absolute atomic E-state index is 0.0358. The number of nitrogens with zero attached hydrogens (tertiary/aromatic N) is 3. The van der Waals surface area contributed by atoms with Crippen molar-refractivity contribution in [2.75, 3.05) is 20.1 Å². The summed E-state index contributed by atoms with van der Waals surface area (Å²) in [6, 6.07) is 7.55. The van der Waals surface area contributed by atoms with Gasteiger partial charge in [0.15, 0.2) is 0 Å². The predicted molar refractivity (Wildman–Crippen MR) is 117 cm³/mol. The van der Waals surface area contributed by atoms with Crippen molar-refractivity contribution in [2.45, 2.75) is 26.3 Å². The summed E-state index contributed by atoms with van der Waals surface area (Å²) >= 11 is 0. The van der Waals surface area contributed by atoms with Crippen LogP contribution in [-0.4, -0.2) is 45.9 Å². The number of amides is 1. The van der Waals surface area contributed by atoms with Crippen LogP contribution < -0.4 is 10.9 Å². The number of pyridine rings is 3. The fourth-order valence-electron chi connectivity index (χ4n) is 3.76. The van der Waals surface area contributed by atoms with Crippen LogP contribution in [0.4, 0.5) is 0 Å². The second kappa shape index (κ2) is 8.59. The van der Waals surface area contributed by atoms with Crippen LogP contribution in [0.1, 0.15) is 40.5 Å². The molecule has 3 aromatic rings. The highest BCUT2D eigenvalue weighted by Gasteiger charge is 2.17. The quantitative estimate of drug-likeness (QED) is 0.683. The standard InChI is InChI=1S/C23H25N5O2/c1-3-18-10-20-21(27-22(18)29)9-17(12-26-20)14-28-7-6-16(13-28)8-15-4-5-19(25-11-15)23(30)24-2/h4-5,8-12H,3,6-7,13-14H2,1-2H3,(H,24,30)(H,27,29)/b16-8-. The molecular weight excluding hydrogens is 378 g/mol. The highest BCUT2D eigenvalue weighted by Crippen LogP contribution is 2.21. The predicted octanol–water partition coefficient (Wildman–Crippen LogP) is 2.53. The molecule has 0 aromatic carbocycles. The van der Waals surface area contributed by atoms with E-state index in [0.717, 1.165) is 53.8 Å². The smallest absolute Gasteiger partial charge is 0.269 e. The van der Waals surface area contributed by atoms with Gasteiger partial charge in [-0.15, -0.1) is 0 Å². The molecule has 0 radical (unpaired) electrons. The lowest BCUT2D eigenvalue weighted by molar-refractivity contribution is 0.0958. The number of rotatable bonds is 5. The third kappa shape index (κ3) is 4.31. The molecule has 0 bridgehead atoms. The molecule has 7 heteroatoms. The molecule has 1 saturated heterocycles. The maximum Gasteiger partial charge on any atom is 0.269 e. The van der Waals surface area contributed by atoms with Crippen LogP contribution in [0, 0.1) is 0 Å². The van der Waals surface area contributed by atoms with E-state index in [4.69, 9.17) is 0 Å². The van der Waals surface area contributed by atoms with E-state index in [9.17, 15) is 9.59 Å². The lowest BCUT2D eigenvalue weighted by Gasteiger charge is -2.14. The van der Waals surface area contributed by atoms with Crippen molar-refractivity contribution in [3.8, 4) is 0 Å². The topological polar surface area (TPSA) is 91.0 Å². The van der Waals surface area contributed by atoms with Crippen molar-refractivity contribution in [3.63, 3.8) is 0 Å². The summed E-state index contributed by atoms with van der Waals surface area (Å²) in [5.41, 5.74) is 6.16. The SMILES string of the molecule is CCc1cc2ncc(CN3CC/C(=C/c4ccc(C(=O)NC)nc4)C3)cc2[nH]c1=O. The fourth-order valence-corrected chi connectivity index (χ4v) is 3.76. The molecule has 0 aliphatic carbocycles. The molecule has 2 N–H and O–H groups in total. The molecule has 4 rings (SSSR count). The highest BCUT2D eigenvalue weighted by molar-refractivity contribution is 5.92. The Bertz CT molecular complexity index is 1160. The van der Waals surface area contributed by atoms with Gasteiger partial charge in [0.2, 0.25) is 0 Å². The van der Waals surface area contributed by atoms with Crippen molar-refractivity contribution < 1.29 is 4.79 Å². The van der Waals surface area contributed by atoms with Gasteiger partial charge in [-0.25, -0.2) is 0 Å². The van der Waals surface area contributed by atoms with Crippen molar-refractivity contribution in [1.82, 2.24) is 25.2 Å². The summed E-state index contributed by atoms with van der Waals surface area (Å²) in [6.45, 7) is 4.60. The maximum absolute atomic E-state index is 12.1. The molecule has 7 nitrogen and oxygen atoms in total. The van der Waals surface area contributed by atoms with Gasteiger partial charge in [0.1, 0.15) is 5.69 Å². The van der Waals surface area contributed by atoms with Gasteiger partial charge < -0.3 is 10.3 Å². The summed E-state index contributed by atoms with van der Waals surface area (Å²) in [5.74, 6) is -0.183. The van der Waals surface area contributed by atoms with E-state index >= 15 is 0 Å². The minimum Gasteiger partial charge on any atom is -0.354 e. The van der Waals surface area contributed by atoms with Gasteiger partial charge in [0, 0.05) is 44.6 Å². The second-order valence-corrected chi connectivity index (χ2v) is 7.57. The van der Waals surface area contributed by atoms with Crippen molar-refractivity contribution >= 4 is 23.0 Å². The molecule has 30 heavy (non-hydrogen) atoms. The number of carbonyl (C=O) groups excluding carboxylic acids is 1. The monoisotopic (exact) mass is 403 g/mol. The lowest BCUT2D eigenvalue weighted by Crippen LogP contribution is -2.19. The van der Waals surface area contributed by atoms with Crippen LogP contribution >= 0.6 is 0 Å². The summed E-state index contributed by atoms with van der Waals surface area (Å²) in [5, 5.41) is 2.57. The van der Waals surface area contributed by atoms with Crippen LogP contribution in [0.5, 0.6) is 0 Å². The minimum atomic E-state index is -0.183. The Kier molecular flexibility index (Phi) is 5.72. The molecule has 154 valence electrons. The number of aryl methyl sites for hydroxylation is 1. The van der Waals surface area contributed by atoms with E-state index in [-0.39, 0.29) is 11.5 Å². The van der Waals surface area contributed by atoms with E-state index in [1.165, 1.54) is 5.57 Å². The van der Waals surface area contributed by atoms with Crippen LogP contribution in [-0.2, 0) is 13.0 Å². The van der Waals surface area contributed by atoms with E-state index in [1.807, 2.05) is 31.3 Å². The maximum atomic E-state index is 12.1. The molecule has 1 amide bonds. The van der Waals surface area contributed by atoms with E-state index in [1.54, 1.807) is 19.3 Å². The zero-order valence-corrected chi connectivity index (χ0v) is 17.2. The van der Waals surface area contributed by atoms with E-state index in [2.05, 4.69) is 31.2 Å². The third-order valence-corrected chi connectivity index (χ3v) is 5.41. The zero-order valence-electron chi connectivity index (χ0n) is 17.2. The van der Waals surface area contributed by atoms with Crippen LogP contribution in [0.3, 0.4) is 0 Å². The Morgan fingerprint density at radius 3 is 2.87 bits per heavy atom. The Hall–Kier alpha value is -3.32. The Morgan fingerprint density at radius 1 is 1.27 bits per heavy atom. The van der Waals surface area contributed by atoms with Crippen LogP contribution in [0.2, 0.25) is 0 Å². The first-order valence-corrected chi connectivity index (χ1v) is 10.2. The van der Waals surface area contributed by atoms with Crippen molar-refractivity contribution in [2.24, 2.45) is 0 Å². The number of aromatic nitrogens is 3. The molecule has 1 aliphatic rings. The van der Waals surface area contributed by atoms with E-state index < -0.39 is 0 Å². The molecule has 1 fully saturated rings. The average Bonchev–Trinajstić information content (AvgIpc) is 3.19. The number of carbonyl (C=O) groups is 1. The Labute approximate surface area is 174 Å². The van der Waals surface area contributed by atoms with E-state index in [0.29, 0.717) is 12.1 Å². The molecule has 0 spiro atoms. The molecular formula is C23H25N5O2. The number of hydrogen-bond acceptors (Lipinski definition) is 5. The summed E-state index contributed by atoms with van der Waals surface area (Å²) in [7, 11) is 1.60. The molecule has 0 atom stereocenters. The summed E-state index contributed by atoms with van der Waals surface area (Å²) < 4.78 is 0. The van der Waals surface area contributed by atoms with Crippen molar-refractivity contribution in [3.05, 3.63) is 75.0 Å². The number of aromatic amines is 1. The largest absolute Gasteiger partial charge is 0.354 e. The van der Waals surface area contributed by atoms with Gasteiger partial charge in [0.25, 0.3) is 11.5 Å². The fraction of sp³-hybridized carbons (Fsp3) is 0.304. The molecule has 0 saturated carbocycles. The number of likely N-dealkylation sites (tertiary alicyclic amines) is 1. The van der Waals surface area contributed by atoms with Crippen LogP contribution in [0.25, 0.3) is 17.1 Å². The first kappa shape index (κ1) is 20.0. The normalized spacial score (nSPS) is 15.7. The van der Waals surface area contributed by atoms with Gasteiger partial charge in [-0.05, 0) is 42.2 Å². The van der Waals surface area contributed by atoms with Gasteiger partial charge in [-0.1, -0.05) is 24.6 Å². The first-order valence-electron chi connectivity index (χ1n) is 10.2. The molecule has 0 unspecified atom stereocenters. The molecule has 1 aliphatic heterocycles. The van der Waals surface area contributed by atoms with Crippen molar-refractivity contribution in [1.29, 1.82) is 0 Å². The Balaban J connectivity index is 1.44. The number of nitrogens with one attached hydrogen (secondary N) is 2. The van der Waals surface area contributed by atoms with Crippen LogP contribution in [0.15, 0.2) is 47.0 Å². The summed E-state index contributed by atoms with van der Waals surface area (Å²) in [4.78, 5) is 37.7. The number of hydrogen-bond donors (Lipinski definition) is 2. The first-order chi connectivity index (χ1) is 14.6. The zero-order chi connectivity index (χ0) is 21.1.